The first-order chi connectivity index (χ1) is 6.18. The predicted octanol–water partition coefficient (Wildman–Crippen LogP) is 2.36. The molecule has 0 saturated carbocycles. The quantitative estimate of drug-likeness (QED) is 0.745. The van der Waals surface area contributed by atoms with Gasteiger partial charge in [0.1, 0.15) is 0 Å². The lowest BCUT2D eigenvalue weighted by Gasteiger charge is -1.99. The maximum atomic E-state index is 10.7. The molecule has 0 saturated heterocycles. The first-order valence-corrected chi connectivity index (χ1v) is 4.27. The van der Waals surface area contributed by atoms with E-state index in [1.54, 1.807) is 12.1 Å². The van der Waals surface area contributed by atoms with Gasteiger partial charge >= 0.3 is 5.97 Å². The summed E-state index contributed by atoms with van der Waals surface area (Å²) in [5.41, 5.74) is 2.24. The number of benzene rings is 1. The van der Waals surface area contributed by atoms with Gasteiger partial charge in [0.2, 0.25) is 0 Å². The van der Waals surface area contributed by atoms with Crippen LogP contribution in [0.2, 0.25) is 5.02 Å². The van der Waals surface area contributed by atoms with Gasteiger partial charge in [0, 0.05) is 17.0 Å². The maximum absolute atomic E-state index is 10.7. The molecule has 1 aliphatic carbocycles. The summed E-state index contributed by atoms with van der Waals surface area (Å²) in [5.74, 6) is -0.868. The van der Waals surface area contributed by atoms with Crippen LogP contribution in [0.1, 0.15) is 11.1 Å². The number of carboxylic acid groups (broad SMARTS) is 1. The number of carboxylic acids is 1. The van der Waals surface area contributed by atoms with Gasteiger partial charge < -0.3 is 5.11 Å². The lowest BCUT2D eigenvalue weighted by Crippen LogP contribution is -1.99. The molecule has 0 aliphatic heterocycles. The third-order valence-electron chi connectivity index (χ3n) is 2.13. The molecule has 0 atom stereocenters. The molecule has 1 aromatic carbocycles. The molecule has 2 rings (SSSR count). The summed E-state index contributed by atoms with van der Waals surface area (Å²) in [7, 11) is 0. The minimum atomic E-state index is -0.868. The highest BCUT2D eigenvalue weighted by molar-refractivity contribution is 6.31. The fraction of sp³-hybridized carbons (Fsp3) is 0.100. The van der Waals surface area contributed by atoms with Crippen LogP contribution in [0.5, 0.6) is 0 Å². The molecule has 0 unspecified atom stereocenters. The van der Waals surface area contributed by atoms with Gasteiger partial charge in [-0.05, 0) is 23.3 Å². The zero-order valence-electron chi connectivity index (χ0n) is 6.75. The molecule has 0 radical (unpaired) electrons. The number of carbonyl (C=O) groups is 1. The summed E-state index contributed by atoms with van der Waals surface area (Å²) in [4.78, 5) is 10.7. The Morgan fingerprint density at radius 1 is 1.46 bits per heavy atom. The molecule has 0 amide bonds. The molecular weight excluding hydrogens is 188 g/mol. The van der Waals surface area contributed by atoms with Crippen molar-refractivity contribution in [3.63, 3.8) is 0 Å². The minimum Gasteiger partial charge on any atom is -0.478 e. The van der Waals surface area contributed by atoms with Crippen LogP contribution in [0, 0.1) is 0 Å². The first-order valence-electron chi connectivity index (χ1n) is 3.90. The summed E-state index contributed by atoms with van der Waals surface area (Å²) in [6, 6.07) is 5.47. The van der Waals surface area contributed by atoms with Crippen LogP contribution in [0.25, 0.3) is 6.08 Å². The topological polar surface area (TPSA) is 37.3 Å². The first kappa shape index (κ1) is 8.32. The van der Waals surface area contributed by atoms with E-state index in [2.05, 4.69) is 0 Å². The van der Waals surface area contributed by atoms with Gasteiger partial charge in [-0.1, -0.05) is 23.7 Å². The van der Waals surface area contributed by atoms with Gasteiger partial charge in [-0.25, -0.2) is 4.79 Å². The molecule has 2 nitrogen and oxygen atoms in total. The van der Waals surface area contributed by atoms with Gasteiger partial charge in [-0.3, -0.25) is 0 Å². The van der Waals surface area contributed by atoms with Gasteiger partial charge in [-0.15, -0.1) is 0 Å². The van der Waals surface area contributed by atoms with Crippen molar-refractivity contribution in [1.82, 2.24) is 0 Å². The average Bonchev–Trinajstić information content (AvgIpc) is 2.49. The predicted molar refractivity (Wildman–Crippen MR) is 50.8 cm³/mol. The lowest BCUT2D eigenvalue weighted by atomic mass is 10.1. The van der Waals surface area contributed by atoms with E-state index in [0.717, 1.165) is 11.1 Å². The number of hydrogen-bond donors (Lipinski definition) is 1. The van der Waals surface area contributed by atoms with Gasteiger partial charge in [-0.2, -0.15) is 0 Å². The van der Waals surface area contributed by atoms with Crippen LogP contribution < -0.4 is 0 Å². The van der Waals surface area contributed by atoms with Crippen molar-refractivity contribution in [2.75, 3.05) is 0 Å². The van der Waals surface area contributed by atoms with E-state index < -0.39 is 5.97 Å². The summed E-state index contributed by atoms with van der Waals surface area (Å²) in [5, 5.41) is 9.41. The average molecular weight is 195 g/mol. The Kier molecular flexibility index (Phi) is 1.85. The second kappa shape index (κ2) is 2.89. The van der Waals surface area contributed by atoms with E-state index in [9.17, 15) is 4.79 Å². The van der Waals surface area contributed by atoms with Crippen molar-refractivity contribution in [2.45, 2.75) is 6.42 Å². The highest BCUT2D eigenvalue weighted by Gasteiger charge is 2.19. The zero-order valence-corrected chi connectivity index (χ0v) is 7.51. The molecule has 66 valence electrons. The van der Waals surface area contributed by atoms with Crippen molar-refractivity contribution in [2.24, 2.45) is 0 Å². The monoisotopic (exact) mass is 194 g/mol. The fourth-order valence-corrected chi connectivity index (χ4v) is 1.71. The molecule has 1 aliphatic rings. The van der Waals surface area contributed by atoms with Crippen LogP contribution in [-0.4, -0.2) is 11.1 Å². The number of rotatable bonds is 1. The summed E-state index contributed by atoms with van der Waals surface area (Å²) in [6.45, 7) is 0. The smallest absolute Gasteiger partial charge is 0.331 e. The Balaban J connectivity index is 2.46. The van der Waals surface area contributed by atoms with Crippen LogP contribution in [0.3, 0.4) is 0 Å². The number of fused-ring (bicyclic) bond motifs is 1. The Hall–Kier alpha value is -1.28. The highest BCUT2D eigenvalue weighted by Crippen LogP contribution is 2.30. The molecule has 0 bridgehead atoms. The summed E-state index contributed by atoms with van der Waals surface area (Å²) in [6.07, 6.45) is 2.11. The Morgan fingerprint density at radius 2 is 2.23 bits per heavy atom. The van der Waals surface area contributed by atoms with E-state index in [0.29, 0.717) is 17.0 Å². The van der Waals surface area contributed by atoms with E-state index in [-0.39, 0.29) is 0 Å². The molecule has 1 N–H and O–H groups in total. The number of halogens is 1. The third-order valence-corrected chi connectivity index (χ3v) is 2.48. The minimum absolute atomic E-state index is 0.406. The molecule has 1 aromatic rings. The molecule has 0 heterocycles. The van der Waals surface area contributed by atoms with E-state index >= 15 is 0 Å². The van der Waals surface area contributed by atoms with Crippen LogP contribution in [0.4, 0.5) is 0 Å². The fourth-order valence-electron chi connectivity index (χ4n) is 1.46. The summed E-state index contributed by atoms with van der Waals surface area (Å²) < 4.78 is 0. The van der Waals surface area contributed by atoms with Gasteiger partial charge in [0.05, 0.1) is 0 Å². The second-order valence-corrected chi connectivity index (χ2v) is 3.37. The zero-order chi connectivity index (χ0) is 9.42. The Bertz CT molecular complexity index is 407. The number of aliphatic carboxylic acids is 1. The standard InChI is InChI=1S/C10H7ClO2/c11-9-3-1-2-6-4-7(10(12)13)5-8(6)9/h1-4H,5H2,(H,12,13). The Morgan fingerprint density at radius 3 is 2.85 bits per heavy atom. The van der Waals surface area contributed by atoms with Gasteiger partial charge in [0.25, 0.3) is 0 Å². The second-order valence-electron chi connectivity index (χ2n) is 2.96. The van der Waals surface area contributed by atoms with E-state index in [4.69, 9.17) is 16.7 Å². The summed E-state index contributed by atoms with van der Waals surface area (Å²) >= 11 is 5.91. The largest absolute Gasteiger partial charge is 0.478 e. The van der Waals surface area contributed by atoms with E-state index in [1.165, 1.54) is 0 Å². The highest BCUT2D eigenvalue weighted by atomic mass is 35.5. The van der Waals surface area contributed by atoms with E-state index in [1.807, 2.05) is 12.1 Å². The molecule has 3 heteroatoms. The molecule has 0 fully saturated rings. The lowest BCUT2D eigenvalue weighted by molar-refractivity contribution is -0.132. The van der Waals surface area contributed by atoms with Crippen molar-refractivity contribution in [3.8, 4) is 0 Å². The molecular formula is C10H7ClO2. The van der Waals surface area contributed by atoms with Gasteiger partial charge in [0.15, 0.2) is 0 Å². The van der Waals surface area contributed by atoms with Crippen LogP contribution in [-0.2, 0) is 11.2 Å². The normalized spacial score (nSPS) is 13.8. The SMILES string of the molecule is O=C(O)C1=Cc2cccc(Cl)c2C1. The van der Waals surface area contributed by atoms with Crippen LogP contribution >= 0.6 is 11.6 Å². The maximum Gasteiger partial charge on any atom is 0.331 e. The molecule has 0 aromatic heterocycles. The van der Waals surface area contributed by atoms with Crippen molar-refractivity contribution >= 4 is 23.6 Å². The van der Waals surface area contributed by atoms with Crippen molar-refractivity contribution in [3.05, 3.63) is 39.9 Å². The third kappa shape index (κ3) is 1.33. The number of hydrogen-bond acceptors (Lipinski definition) is 1. The molecule has 13 heavy (non-hydrogen) atoms. The Labute approximate surface area is 80.5 Å². The van der Waals surface area contributed by atoms with Crippen molar-refractivity contribution < 1.29 is 9.90 Å². The molecule has 0 spiro atoms. The van der Waals surface area contributed by atoms with Crippen molar-refractivity contribution in [1.29, 1.82) is 0 Å². The van der Waals surface area contributed by atoms with Crippen LogP contribution in [0.15, 0.2) is 23.8 Å².